The van der Waals surface area contributed by atoms with Crippen LogP contribution in [0.3, 0.4) is 0 Å². The first-order chi connectivity index (χ1) is 15.6. The summed E-state index contributed by atoms with van der Waals surface area (Å²) in [6.07, 6.45) is -0.0119. The molecule has 3 heterocycles. The summed E-state index contributed by atoms with van der Waals surface area (Å²) >= 11 is 1.33. The molecule has 1 atom stereocenters. The number of thiophene rings is 1. The second kappa shape index (κ2) is 8.30. The second-order valence-electron chi connectivity index (χ2n) is 7.48. The molecule has 0 saturated carbocycles. The SMILES string of the molecule is CCC(=O)c1ccc(-c2[nH]nc3c2C(=O)c2c(NC(=O)NC4CNCCO4)cccc2-3)s1. The van der Waals surface area contributed by atoms with Gasteiger partial charge >= 0.3 is 6.03 Å². The highest BCUT2D eigenvalue weighted by molar-refractivity contribution is 7.17. The lowest BCUT2D eigenvalue weighted by Gasteiger charge is -2.24. The summed E-state index contributed by atoms with van der Waals surface area (Å²) in [5.74, 6) is -0.163. The van der Waals surface area contributed by atoms with Gasteiger partial charge in [-0.15, -0.1) is 11.3 Å². The van der Waals surface area contributed by atoms with Crippen molar-refractivity contribution in [2.75, 3.05) is 25.0 Å². The maximum Gasteiger partial charge on any atom is 0.321 e. The Morgan fingerprint density at radius 1 is 1.25 bits per heavy atom. The number of anilines is 1. The minimum absolute atomic E-state index is 0.0571. The Bertz CT molecular complexity index is 1220. The third-order valence-corrected chi connectivity index (χ3v) is 6.60. The standard InChI is InChI=1S/C22H21N5O4S/c1-2-13(28)14-6-7-15(32-14)20-18-19(26-27-20)11-4-3-5-12(17(11)21(18)29)24-22(30)25-16-10-23-8-9-31-16/h3-7,16,23H,2,8-10H2,1H3,(H,26,27)(H2,24,25,30). The predicted molar refractivity (Wildman–Crippen MR) is 120 cm³/mol. The molecule has 0 spiro atoms. The number of urea groups is 1. The van der Waals surface area contributed by atoms with Crippen molar-refractivity contribution in [3.8, 4) is 21.8 Å². The molecule has 1 aliphatic carbocycles. The van der Waals surface area contributed by atoms with E-state index in [1.165, 1.54) is 11.3 Å². The number of fused-ring (bicyclic) bond motifs is 3. The van der Waals surface area contributed by atoms with Gasteiger partial charge in [0.2, 0.25) is 0 Å². The topological polar surface area (TPSA) is 125 Å². The molecule has 1 saturated heterocycles. The van der Waals surface area contributed by atoms with E-state index in [1.54, 1.807) is 24.3 Å². The first-order valence-electron chi connectivity index (χ1n) is 10.4. The quantitative estimate of drug-likeness (QED) is 0.346. The van der Waals surface area contributed by atoms with Gasteiger partial charge in [-0.05, 0) is 18.2 Å². The number of nitrogens with one attached hydrogen (secondary N) is 4. The van der Waals surface area contributed by atoms with Crippen LogP contribution >= 0.6 is 11.3 Å². The lowest BCUT2D eigenvalue weighted by molar-refractivity contribution is 0.0156. The summed E-state index contributed by atoms with van der Waals surface area (Å²) in [5, 5.41) is 16.0. The van der Waals surface area contributed by atoms with Crippen LogP contribution in [0, 0.1) is 0 Å². The van der Waals surface area contributed by atoms with Crippen LogP contribution in [0.1, 0.15) is 38.9 Å². The van der Waals surface area contributed by atoms with Crippen molar-refractivity contribution < 1.29 is 19.1 Å². The number of carbonyl (C=O) groups excluding carboxylic acids is 3. The number of carbonyl (C=O) groups is 3. The van der Waals surface area contributed by atoms with Crippen molar-refractivity contribution in [1.82, 2.24) is 20.8 Å². The zero-order valence-corrected chi connectivity index (χ0v) is 18.1. The number of aromatic amines is 1. The summed E-state index contributed by atoms with van der Waals surface area (Å²) in [6, 6.07) is 8.41. The third kappa shape index (κ3) is 3.52. The van der Waals surface area contributed by atoms with Crippen molar-refractivity contribution in [3.05, 3.63) is 46.3 Å². The summed E-state index contributed by atoms with van der Waals surface area (Å²) in [4.78, 5) is 39.3. The number of hydrogen-bond acceptors (Lipinski definition) is 7. The van der Waals surface area contributed by atoms with E-state index in [0.717, 1.165) is 11.4 Å². The van der Waals surface area contributed by atoms with Crippen LogP contribution in [-0.4, -0.2) is 53.7 Å². The number of nitrogens with zero attached hydrogens (tertiary/aromatic N) is 1. The van der Waals surface area contributed by atoms with E-state index in [1.807, 2.05) is 13.0 Å². The highest BCUT2D eigenvalue weighted by Gasteiger charge is 2.35. The van der Waals surface area contributed by atoms with E-state index in [-0.39, 0.29) is 11.6 Å². The Morgan fingerprint density at radius 3 is 2.91 bits per heavy atom. The average Bonchev–Trinajstić information content (AvgIpc) is 3.51. The molecule has 1 aromatic carbocycles. The van der Waals surface area contributed by atoms with E-state index < -0.39 is 12.3 Å². The molecular weight excluding hydrogens is 430 g/mol. The van der Waals surface area contributed by atoms with Gasteiger partial charge in [-0.3, -0.25) is 14.7 Å². The minimum Gasteiger partial charge on any atom is -0.356 e. The van der Waals surface area contributed by atoms with Gasteiger partial charge in [0.15, 0.2) is 11.6 Å². The van der Waals surface area contributed by atoms with E-state index in [2.05, 4.69) is 26.1 Å². The van der Waals surface area contributed by atoms with Gasteiger partial charge in [-0.25, -0.2) is 4.79 Å². The van der Waals surface area contributed by atoms with Gasteiger partial charge in [-0.1, -0.05) is 19.1 Å². The number of ether oxygens (including phenoxy) is 1. The fourth-order valence-corrected chi connectivity index (χ4v) is 4.94. The van der Waals surface area contributed by atoms with Crippen molar-refractivity contribution in [2.45, 2.75) is 19.6 Å². The Balaban J connectivity index is 1.42. The van der Waals surface area contributed by atoms with Gasteiger partial charge in [-0.2, -0.15) is 5.10 Å². The van der Waals surface area contributed by atoms with Gasteiger partial charge in [0.25, 0.3) is 0 Å². The molecule has 0 radical (unpaired) electrons. The van der Waals surface area contributed by atoms with Crippen LogP contribution < -0.4 is 16.0 Å². The monoisotopic (exact) mass is 451 g/mol. The fraction of sp³-hybridized carbons (Fsp3) is 0.273. The molecule has 1 unspecified atom stereocenters. The molecule has 2 aromatic heterocycles. The number of H-pyrrole nitrogens is 1. The Kier molecular flexibility index (Phi) is 5.33. The number of ketones is 2. The summed E-state index contributed by atoms with van der Waals surface area (Å²) < 4.78 is 5.49. The lowest BCUT2D eigenvalue weighted by Crippen LogP contribution is -2.50. The second-order valence-corrected chi connectivity index (χ2v) is 8.57. The number of amides is 2. The van der Waals surface area contributed by atoms with Crippen LogP contribution in [0.2, 0.25) is 0 Å². The van der Waals surface area contributed by atoms with Crippen LogP contribution in [-0.2, 0) is 4.74 Å². The number of rotatable bonds is 5. The normalized spacial score (nSPS) is 17.0. The van der Waals surface area contributed by atoms with Crippen molar-refractivity contribution in [3.63, 3.8) is 0 Å². The zero-order valence-electron chi connectivity index (χ0n) is 17.3. The highest BCUT2D eigenvalue weighted by atomic mass is 32.1. The van der Waals surface area contributed by atoms with Crippen LogP contribution in [0.4, 0.5) is 10.5 Å². The predicted octanol–water partition coefficient (Wildman–Crippen LogP) is 3.01. The van der Waals surface area contributed by atoms with Gasteiger partial charge in [0.05, 0.1) is 38.9 Å². The molecule has 9 nitrogen and oxygen atoms in total. The van der Waals surface area contributed by atoms with E-state index in [4.69, 9.17) is 4.74 Å². The van der Waals surface area contributed by atoms with Crippen LogP contribution in [0.5, 0.6) is 0 Å². The average molecular weight is 452 g/mol. The van der Waals surface area contributed by atoms with Crippen LogP contribution in [0.25, 0.3) is 21.8 Å². The highest BCUT2D eigenvalue weighted by Crippen LogP contribution is 2.44. The third-order valence-electron chi connectivity index (χ3n) is 5.46. The number of morpholine rings is 1. The molecule has 3 aromatic rings. The van der Waals surface area contributed by atoms with Crippen molar-refractivity contribution >= 4 is 34.6 Å². The number of hydrogen-bond donors (Lipinski definition) is 4. The molecule has 4 N–H and O–H groups in total. The summed E-state index contributed by atoms with van der Waals surface area (Å²) in [6.45, 7) is 3.59. The molecule has 1 aliphatic heterocycles. The molecule has 164 valence electrons. The fourth-order valence-electron chi connectivity index (χ4n) is 3.92. The molecule has 2 amide bonds. The number of benzene rings is 1. The Labute approximate surface area is 187 Å². The van der Waals surface area contributed by atoms with Crippen molar-refractivity contribution in [1.29, 1.82) is 0 Å². The van der Waals surface area contributed by atoms with Gasteiger partial charge < -0.3 is 20.7 Å². The largest absolute Gasteiger partial charge is 0.356 e. The van der Waals surface area contributed by atoms with Gasteiger partial charge in [0.1, 0.15) is 11.9 Å². The van der Waals surface area contributed by atoms with E-state index >= 15 is 0 Å². The minimum atomic E-state index is -0.452. The Hall–Kier alpha value is -3.34. The first kappa shape index (κ1) is 20.6. The maximum atomic E-state index is 13.4. The smallest absolute Gasteiger partial charge is 0.321 e. The van der Waals surface area contributed by atoms with E-state index in [9.17, 15) is 14.4 Å². The van der Waals surface area contributed by atoms with Crippen molar-refractivity contribution in [2.24, 2.45) is 0 Å². The number of aromatic nitrogens is 2. The first-order valence-corrected chi connectivity index (χ1v) is 11.2. The number of Topliss-reactive ketones (excluding diaryl/α,β-unsaturated/α-hetero) is 1. The molecule has 2 aliphatic rings. The molecule has 1 fully saturated rings. The zero-order chi connectivity index (χ0) is 22.2. The lowest BCUT2D eigenvalue weighted by atomic mass is 10.1. The maximum absolute atomic E-state index is 13.4. The molecule has 5 rings (SSSR count). The van der Waals surface area contributed by atoms with E-state index in [0.29, 0.717) is 58.2 Å². The van der Waals surface area contributed by atoms with Crippen LogP contribution in [0.15, 0.2) is 30.3 Å². The molecular formula is C22H21N5O4S. The molecule has 0 bridgehead atoms. The summed E-state index contributed by atoms with van der Waals surface area (Å²) in [7, 11) is 0. The Morgan fingerprint density at radius 2 is 2.12 bits per heavy atom. The molecule has 10 heteroatoms. The molecule has 32 heavy (non-hydrogen) atoms. The van der Waals surface area contributed by atoms with Gasteiger partial charge in [0, 0.05) is 25.1 Å². The summed E-state index contributed by atoms with van der Waals surface area (Å²) in [5.41, 5.74) is 3.04.